The maximum atomic E-state index is 5.55. The molecule has 0 aliphatic carbocycles. The largest absolute Gasteiger partial charge is 0.472 e. The summed E-state index contributed by atoms with van der Waals surface area (Å²) in [4.78, 5) is 0. The lowest BCUT2D eigenvalue weighted by Gasteiger charge is -2.15. The van der Waals surface area contributed by atoms with E-state index in [0.29, 0.717) is 11.8 Å². The third kappa shape index (κ3) is 1.84. The summed E-state index contributed by atoms with van der Waals surface area (Å²) in [7, 11) is 0. The van der Waals surface area contributed by atoms with Gasteiger partial charge in [-0.1, -0.05) is 13.8 Å². The summed E-state index contributed by atoms with van der Waals surface area (Å²) >= 11 is 0. The zero-order chi connectivity index (χ0) is 8.27. The van der Waals surface area contributed by atoms with E-state index in [9.17, 15) is 0 Å². The summed E-state index contributed by atoms with van der Waals surface area (Å²) in [6.45, 7) is 5.05. The first kappa shape index (κ1) is 8.34. The Morgan fingerprint density at radius 3 is 2.73 bits per heavy atom. The van der Waals surface area contributed by atoms with Crippen molar-refractivity contribution in [1.29, 1.82) is 0 Å². The molecule has 2 atom stereocenters. The van der Waals surface area contributed by atoms with Gasteiger partial charge in [-0.15, -0.1) is 0 Å². The Hall–Kier alpha value is -0.760. The molecule has 2 nitrogen and oxygen atoms in total. The van der Waals surface area contributed by atoms with Gasteiger partial charge in [0.1, 0.15) is 0 Å². The fourth-order valence-electron chi connectivity index (χ4n) is 1.07. The fourth-order valence-corrected chi connectivity index (χ4v) is 1.07. The second-order valence-electron chi connectivity index (χ2n) is 3.06. The highest BCUT2D eigenvalue weighted by molar-refractivity contribution is 5.12. The highest BCUT2D eigenvalue weighted by Gasteiger charge is 2.12. The van der Waals surface area contributed by atoms with E-state index < -0.39 is 0 Å². The van der Waals surface area contributed by atoms with Gasteiger partial charge in [0, 0.05) is 0 Å². The second kappa shape index (κ2) is 3.58. The Labute approximate surface area is 67.4 Å². The Morgan fingerprint density at radius 2 is 2.27 bits per heavy atom. The van der Waals surface area contributed by atoms with E-state index in [1.165, 1.54) is 5.56 Å². The molecule has 0 amide bonds. The van der Waals surface area contributed by atoms with Crippen molar-refractivity contribution >= 4 is 0 Å². The van der Waals surface area contributed by atoms with Gasteiger partial charge in [-0.25, -0.2) is 0 Å². The van der Waals surface area contributed by atoms with E-state index in [1.807, 2.05) is 6.07 Å². The average Bonchev–Trinajstić information content (AvgIpc) is 2.53. The molecule has 0 aliphatic heterocycles. The van der Waals surface area contributed by atoms with Crippen LogP contribution >= 0.6 is 0 Å². The molecule has 1 rings (SSSR count). The molecule has 1 aromatic heterocycles. The molecule has 11 heavy (non-hydrogen) atoms. The molecule has 0 bridgehead atoms. The monoisotopic (exact) mass is 153 g/mol. The minimum Gasteiger partial charge on any atom is -0.472 e. The van der Waals surface area contributed by atoms with Gasteiger partial charge in [0.25, 0.3) is 0 Å². The molecule has 62 valence electrons. The molecule has 1 heterocycles. The first-order valence-electron chi connectivity index (χ1n) is 3.98. The lowest BCUT2D eigenvalue weighted by molar-refractivity contribution is 0.489. The molecule has 0 aliphatic rings. The van der Waals surface area contributed by atoms with Crippen LogP contribution in [0.1, 0.15) is 25.3 Å². The number of furan rings is 1. The third-order valence-electron chi connectivity index (χ3n) is 2.29. The van der Waals surface area contributed by atoms with E-state index in [-0.39, 0.29) is 0 Å². The molecule has 0 spiro atoms. The average molecular weight is 153 g/mol. The molecule has 0 fully saturated rings. The minimum absolute atomic E-state index is 0.499. The summed E-state index contributed by atoms with van der Waals surface area (Å²) in [5.41, 5.74) is 6.79. The third-order valence-corrected chi connectivity index (χ3v) is 2.29. The molecule has 2 N–H and O–H groups in total. The summed E-state index contributed by atoms with van der Waals surface area (Å²) in [5, 5.41) is 0. The highest BCUT2D eigenvalue weighted by Crippen LogP contribution is 2.22. The van der Waals surface area contributed by atoms with Crippen LogP contribution in [-0.2, 0) is 0 Å². The molecular weight excluding hydrogens is 138 g/mol. The van der Waals surface area contributed by atoms with Crippen molar-refractivity contribution in [3.05, 3.63) is 24.2 Å². The zero-order valence-electron chi connectivity index (χ0n) is 7.08. The predicted octanol–water partition coefficient (Wildman–Crippen LogP) is 1.98. The fraction of sp³-hybridized carbons (Fsp3) is 0.556. The maximum absolute atomic E-state index is 5.55. The molecule has 2 heteroatoms. The van der Waals surface area contributed by atoms with Crippen LogP contribution in [0.5, 0.6) is 0 Å². The molecule has 0 aromatic carbocycles. The van der Waals surface area contributed by atoms with Crippen LogP contribution in [0, 0.1) is 5.92 Å². The topological polar surface area (TPSA) is 39.2 Å². The van der Waals surface area contributed by atoms with Crippen molar-refractivity contribution in [3.63, 3.8) is 0 Å². The van der Waals surface area contributed by atoms with Crippen molar-refractivity contribution in [2.45, 2.75) is 19.8 Å². The first-order valence-corrected chi connectivity index (χ1v) is 3.98. The predicted molar refractivity (Wildman–Crippen MR) is 45.3 cm³/mol. The van der Waals surface area contributed by atoms with Crippen LogP contribution in [0.3, 0.4) is 0 Å². The second-order valence-corrected chi connectivity index (χ2v) is 3.06. The van der Waals surface area contributed by atoms with Crippen molar-refractivity contribution in [2.75, 3.05) is 6.54 Å². The Morgan fingerprint density at radius 1 is 1.55 bits per heavy atom. The molecule has 0 radical (unpaired) electrons. The van der Waals surface area contributed by atoms with E-state index in [1.54, 1.807) is 12.5 Å². The number of nitrogens with two attached hydrogens (primary N) is 1. The number of hydrogen-bond donors (Lipinski definition) is 1. The number of hydrogen-bond acceptors (Lipinski definition) is 2. The number of rotatable bonds is 3. The van der Waals surface area contributed by atoms with Crippen molar-refractivity contribution in [2.24, 2.45) is 11.7 Å². The molecule has 0 saturated heterocycles. The van der Waals surface area contributed by atoms with Crippen LogP contribution in [0.4, 0.5) is 0 Å². The smallest absolute Gasteiger partial charge is 0.0937 e. The molecular formula is C9H15NO. The van der Waals surface area contributed by atoms with Crippen LogP contribution in [0.15, 0.2) is 23.0 Å². The lowest BCUT2D eigenvalue weighted by atomic mass is 9.91. The SMILES string of the molecule is CC(CN)C(C)c1ccoc1. The van der Waals surface area contributed by atoms with E-state index in [2.05, 4.69) is 13.8 Å². The van der Waals surface area contributed by atoms with Gasteiger partial charge in [0.05, 0.1) is 12.5 Å². The Bertz CT molecular complexity index is 193. The van der Waals surface area contributed by atoms with Gasteiger partial charge in [-0.3, -0.25) is 0 Å². The Kier molecular flexibility index (Phi) is 2.71. The quantitative estimate of drug-likeness (QED) is 0.721. The van der Waals surface area contributed by atoms with Gasteiger partial charge >= 0.3 is 0 Å². The van der Waals surface area contributed by atoms with Crippen LogP contribution in [-0.4, -0.2) is 6.54 Å². The standard InChI is InChI=1S/C9H15NO/c1-7(5-10)8(2)9-3-4-11-6-9/h3-4,6-8H,5,10H2,1-2H3. The van der Waals surface area contributed by atoms with Crippen molar-refractivity contribution in [3.8, 4) is 0 Å². The lowest BCUT2D eigenvalue weighted by Crippen LogP contribution is -2.16. The zero-order valence-corrected chi connectivity index (χ0v) is 7.08. The maximum Gasteiger partial charge on any atom is 0.0937 e. The van der Waals surface area contributed by atoms with Gasteiger partial charge in [0.2, 0.25) is 0 Å². The molecule has 1 aromatic rings. The Balaban J connectivity index is 2.62. The van der Waals surface area contributed by atoms with Gasteiger partial charge in [-0.05, 0) is 30.0 Å². The van der Waals surface area contributed by atoms with E-state index in [0.717, 1.165) is 6.54 Å². The van der Waals surface area contributed by atoms with Crippen LogP contribution in [0.2, 0.25) is 0 Å². The van der Waals surface area contributed by atoms with E-state index >= 15 is 0 Å². The van der Waals surface area contributed by atoms with Crippen molar-refractivity contribution < 1.29 is 4.42 Å². The normalized spacial score (nSPS) is 16.3. The van der Waals surface area contributed by atoms with Gasteiger partial charge in [0.15, 0.2) is 0 Å². The summed E-state index contributed by atoms with van der Waals surface area (Å²) in [5.74, 6) is 1.02. The van der Waals surface area contributed by atoms with Crippen molar-refractivity contribution in [1.82, 2.24) is 0 Å². The van der Waals surface area contributed by atoms with Crippen LogP contribution in [0.25, 0.3) is 0 Å². The summed E-state index contributed by atoms with van der Waals surface area (Å²) in [6, 6.07) is 2.00. The molecule has 0 saturated carbocycles. The summed E-state index contributed by atoms with van der Waals surface area (Å²) in [6.07, 6.45) is 3.49. The summed E-state index contributed by atoms with van der Waals surface area (Å²) < 4.78 is 4.99. The van der Waals surface area contributed by atoms with E-state index in [4.69, 9.17) is 10.2 Å². The molecule has 2 unspecified atom stereocenters. The first-order chi connectivity index (χ1) is 5.25. The van der Waals surface area contributed by atoms with Crippen LogP contribution < -0.4 is 5.73 Å². The van der Waals surface area contributed by atoms with Gasteiger partial charge < -0.3 is 10.2 Å². The minimum atomic E-state index is 0.499. The highest BCUT2D eigenvalue weighted by atomic mass is 16.3. The van der Waals surface area contributed by atoms with Gasteiger partial charge in [-0.2, -0.15) is 0 Å².